The lowest BCUT2D eigenvalue weighted by Gasteiger charge is -2.30. The SMILES string of the molecule is Cc1cc(Oc2c(F)cccc2F)ncc1-n1ncc(C(=O)c2cc3c4c(ccc3[nH]2)CN(CC2CCCO2)CC4)c1N. The summed E-state index contributed by atoms with van der Waals surface area (Å²) in [6.45, 7) is 5.38. The van der Waals surface area contributed by atoms with Gasteiger partial charge in [0.15, 0.2) is 11.6 Å². The molecule has 2 aliphatic heterocycles. The van der Waals surface area contributed by atoms with Gasteiger partial charge in [0, 0.05) is 43.2 Å². The minimum absolute atomic E-state index is 0.00340. The Bertz CT molecular complexity index is 1840. The number of ether oxygens (including phenoxy) is 2. The molecular formula is C32H30F2N6O3. The highest BCUT2D eigenvalue weighted by molar-refractivity contribution is 6.12. The Labute approximate surface area is 246 Å². The van der Waals surface area contributed by atoms with Gasteiger partial charge >= 0.3 is 0 Å². The average Bonchev–Trinajstić information content (AvgIpc) is 3.75. The van der Waals surface area contributed by atoms with E-state index in [9.17, 15) is 13.6 Å². The van der Waals surface area contributed by atoms with Crippen molar-refractivity contribution in [3.05, 3.63) is 94.4 Å². The first-order chi connectivity index (χ1) is 20.9. The van der Waals surface area contributed by atoms with Crippen molar-refractivity contribution < 1.29 is 23.0 Å². The standard InChI is InChI=1S/C32H30F2N6O3/c1-18-12-29(43-31-24(33)5-2-6-25(31)34)36-15-28(18)40-32(35)23(14-37-40)30(41)27-13-22-21-9-10-39(17-20-4-3-11-42-20)16-19(21)7-8-26(22)38-27/h2,5-8,12-15,20,38H,3-4,9-11,16-17,35H2,1H3. The first-order valence-corrected chi connectivity index (χ1v) is 14.3. The van der Waals surface area contributed by atoms with E-state index in [1.165, 1.54) is 40.3 Å². The van der Waals surface area contributed by atoms with Crippen LogP contribution in [0.3, 0.4) is 0 Å². The number of H-pyrrole nitrogens is 1. The van der Waals surface area contributed by atoms with Gasteiger partial charge < -0.3 is 20.2 Å². The number of para-hydroxylation sites is 1. The monoisotopic (exact) mass is 584 g/mol. The molecule has 0 radical (unpaired) electrons. The molecule has 9 nitrogen and oxygen atoms in total. The number of carbonyl (C=O) groups excluding carboxylic acids is 1. The fraction of sp³-hybridized carbons (Fsp3) is 0.281. The normalized spacial score (nSPS) is 17.0. The van der Waals surface area contributed by atoms with Crippen molar-refractivity contribution in [3.63, 3.8) is 0 Å². The van der Waals surface area contributed by atoms with Crippen molar-refractivity contribution in [2.45, 2.75) is 38.8 Å². The van der Waals surface area contributed by atoms with Crippen LogP contribution >= 0.6 is 0 Å². The number of halogens is 2. The van der Waals surface area contributed by atoms with Gasteiger partial charge in [-0.15, -0.1) is 0 Å². The lowest BCUT2D eigenvalue weighted by atomic mass is 9.95. The molecule has 0 amide bonds. The molecule has 2 aromatic carbocycles. The number of aromatic amines is 1. The summed E-state index contributed by atoms with van der Waals surface area (Å²) < 4.78 is 40.6. The predicted octanol–water partition coefficient (Wildman–Crippen LogP) is 5.48. The second kappa shape index (κ2) is 10.9. The van der Waals surface area contributed by atoms with Gasteiger partial charge in [-0.05, 0) is 67.1 Å². The van der Waals surface area contributed by atoms with Crippen LogP contribution in [-0.4, -0.2) is 56.2 Å². The Morgan fingerprint density at radius 1 is 1.19 bits per heavy atom. The van der Waals surface area contributed by atoms with Crippen LogP contribution in [0, 0.1) is 18.6 Å². The van der Waals surface area contributed by atoms with E-state index in [0.717, 1.165) is 68.5 Å². The third-order valence-electron chi connectivity index (χ3n) is 8.28. The highest BCUT2D eigenvalue weighted by atomic mass is 19.1. The number of nitrogen functional groups attached to an aromatic ring is 1. The molecule has 7 rings (SSSR count). The second-order valence-corrected chi connectivity index (χ2v) is 11.1. The van der Waals surface area contributed by atoms with Gasteiger partial charge in [0.1, 0.15) is 5.82 Å². The van der Waals surface area contributed by atoms with Gasteiger partial charge in [0.05, 0.1) is 35.4 Å². The zero-order chi connectivity index (χ0) is 29.7. The molecule has 5 heterocycles. The summed E-state index contributed by atoms with van der Waals surface area (Å²) in [5.74, 6) is -2.33. The summed E-state index contributed by atoms with van der Waals surface area (Å²) in [7, 11) is 0. The van der Waals surface area contributed by atoms with Crippen molar-refractivity contribution in [1.29, 1.82) is 0 Å². The van der Waals surface area contributed by atoms with Crippen LogP contribution in [0.15, 0.2) is 54.9 Å². The molecule has 3 aromatic heterocycles. The van der Waals surface area contributed by atoms with Crippen LogP contribution in [0.1, 0.15) is 45.6 Å². The van der Waals surface area contributed by atoms with E-state index in [-0.39, 0.29) is 23.0 Å². The van der Waals surface area contributed by atoms with Gasteiger partial charge in [-0.2, -0.15) is 5.10 Å². The number of carbonyl (C=O) groups is 1. The van der Waals surface area contributed by atoms with E-state index >= 15 is 0 Å². The first-order valence-electron chi connectivity index (χ1n) is 14.3. The molecule has 5 aromatic rings. The van der Waals surface area contributed by atoms with E-state index in [0.29, 0.717) is 23.0 Å². The van der Waals surface area contributed by atoms with Crippen LogP contribution in [0.4, 0.5) is 14.6 Å². The van der Waals surface area contributed by atoms with Crippen LogP contribution in [-0.2, 0) is 17.7 Å². The number of pyridine rings is 1. The van der Waals surface area contributed by atoms with E-state index in [2.05, 4.69) is 26.0 Å². The fourth-order valence-electron chi connectivity index (χ4n) is 6.05. The molecule has 0 bridgehead atoms. The third-order valence-corrected chi connectivity index (χ3v) is 8.28. The van der Waals surface area contributed by atoms with Gasteiger partial charge in [0.25, 0.3) is 0 Å². The Balaban J connectivity index is 1.12. The minimum Gasteiger partial charge on any atom is -0.433 e. The molecular weight excluding hydrogens is 554 g/mol. The topological polar surface area (TPSA) is 111 Å². The predicted molar refractivity (Wildman–Crippen MR) is 157 cm³/mol. The Morgan fingerprint density at radius 3 is 2.79 bits per heavy atom. The van der Waals surface area contributed by atoms with Crippen molar-refractivity contribution in [2.75, 3.05) is 25.4 Å². The number of rotatable bonds is 7. The molecule has 1 saturated heterocycles. The van der Waals surface area contributed by atoms with Crippen LogP contribution < -0.4 is 10.5 Å². The number of nitrogens with one attached hydrogen (secondary N) is 1. The number of hydrogen-bond donors (Lipinski definition) is 2. The summed E-state index contributed by atoms with van der Waals surface area (Å²) in [5.41, 5.74) is 11.7. The number of anilines is 1. The van der Waals surface area contributed by atoms with Crippen molar-refractivity contribution in [2.24, 2.45) is 0 Å². The molecule has 1 atom stereocenters. The molecule has 43 heavy (non-hydrogen) atoms. The molecule has 11 heteroatoms. The van der Waals surface area contributed by atoms with Crippen LogP contribution in [0.25, 0.3) is 16.6 Å². The highest BCUT2D eigenvalue weighted by Gasteiger charge is 2.26. The molecule has 3 N–H and O–H groups in total. The largest absolute Gasteiger partial charge is 0.433 e. The lowest BCUT2D eigenvalue weighted by Crippen LogP contribution is -2.36. The second-order valence-electron chi connectivity index (χ2n) is 11.1. The van der Waals surface area contributed by atoms with E-state index < -0.39 is 17.4 Å². The molecule has 1 unspecified atom stereocenters. The number of hydrogen-bond acceptors (Lipinski definition) is 7. The number of nitrogens with zero attached hydrogens (tertiary/aromatic N) is 4. The minimum atomic E-state index is -0.836. The highest BCUT2D eigenvalue weighted by Crippen LogP contribution is 2.32. The summed E-state index contributed by atoms with van der Waals surface area (Å²) in [4.78, 5) is 23.5. The fourth-order valence-corrected chi connectivity index (χ4v) is 6.05. The van der Waals surface area contributed by atoms with E-state index in [1.807, 2.05) is 12.1 Å². The molecule has 1 fully saturated rings. The summed E-state index contributed by atoms with van der Waals surface area (Å²) in [6.07, 6.45) is 6.34. The van der Waals surface area contributed by atoms with Crippen molar-refractivity contribution >= 4 is 22.5 Å². The molecule has 2 aliphatic rings. The maximum absolute atomic E-state index is 14.0. The average molecular weight is 585 g/mol. The summed E-state index contributed by atoms with van der Waals surface area (Å²) in [6, 6.07) is 11.1. The number of fused-ring (bicyclic) bond motifs is 3. The van der Waals surface area contributed by atoms with Gasteiger partial charge in [0.2, 0.25) is 17.4 Å². The Morgan fingerprint density at radius 2 is 2.02 bits per heavy atom. The van der Waals surface area contributed by atoms with E-state index in [4.69, 9.17) is 15.2 Å². The molecule has 0 aliphatic carbocycles. The van der Waals surface area contributed by atoms with Crippen LogP contribution in [0.2, 0.25) is 0 Å². The van der Waals surface area contributed by atoms with Gasteiger partial charge in [-0.3, -0.25) is 9.69 Å². The van der Waals surface area contributed by atoms with Crippen molar-refractivity contribution in [3.8, 4) is 17.3 Å². The first kappa shape index (κ1) is 27.2. The Kier molecular flexibility index (Phi) is 6.91. The summed E-state index contributed by atoms with van der Waals surface area (Å²) in [5, 5.41) is 5.40. The smallest absolute Gasteiger partial charge is 0.219 e. The molecule has 220 valence electrons. The number of benzene rings is 2. The zero-order valence-corrected chi connectivity index (χ0v) is 23.6. The van der Waals surface area contributed by atoms with E-state index in [1.54, 1.807) is 6.92 Å². The third kappa shape index (κ3) is 5.04. The van der Waals surface area contributed by atoms with Crippen molar-refractivity contribution in [1.82, 2.24) is 24.6 Å². The molecule has 0 saturated carbocycles. The maximum Gasteiger partial charge on any atom is 0.219 e. The maximum atomic E-state index is 14.0. The number of aromatic nitrogens is 4. The lowest BCUT2D eigenvalue weighted by molar-refractivity contribution is 0.0689. The summed E-state index contributed by atoms with van der Waals surface area (Å²) >= 11 is 0. The zero-order valence-electron chi connectivity index (χ0n) is 23.6. The van der Waals surface area contributed by atoms with Gasteiger partial charge in [-0.1, -0.05) is 12.1 Å². The van der Waals surface area contributed by atoms with Crippen LogP contribution in [0.5, 0.6) is 11.6 Å². The molecule has 0 spiro atoms. The number of nitrogens with two attached hydrogens (primary N) is 1. The number of ketones is 1. The number of aryl methyl sites for hydroxylation is 1. The van der Waals surface area contributed by atoms with Gasteiger partial charge in [-0.25, -0.2) is 18.4 Å². The quantitative estimate of drug-likeness (QED) is 0.244. The Hall–Kier alpha value is -4.61.